The SMILES string of the molecule is Cc1nccc(F)c1C(=O)N[C@@H](CCOC[C@H](C)CCc1ccc2c(n1)CCCC2)C(=O)O. The largest absolute Gasteiger partial charge is 0.480 e. The van der Waals surface area contributed by atoms with Crippen molar-refractivity contribution in [2.45, 2.75) is 64.8 Å². The molecule has 0 saturated heterocycles. The Morgan fingerprint density at radius 3 is 2.76 bits per heavy atom. The Bertz CT molecular complexity index is 962. The average molecular weight is 458 g/mol. The lowest BCUT2D eigenvalue weighted by Gasteiger charge is -2.17. The maximum absolute atomic E-state index is 13.9. The molecule has 1 aliphatic rings. The number of halogens is 1. The third-order valence-corrected chi connectivity index (χ3v) is 6.00. The third-order valence-electron chi connectivity index (χ3n) is 6.00. The van der Waals surface area contributed by atoms with E-state index in [2.05, 4.69) is 29.4 Å². The van der Waals surface area contributed by atoms with Gasteiger partial charge in [0.1, 0.15) is 11.9 Å². The summed E-state index contributed by atoms with van der Waals surface area (Å²) < 4.78 is 19.6. The summed E-state index contributed by atoms with van der Waals surface area (Å²) in [6.07, 6.45) is 7.79. The van der Waals surface area contributed by atoms with Gasteiger partial charge in [0.2, 0.25) is 0 Å². The van der Waals surface area contributed by atoms with Crippen molar-refractivity contribution in [3.05, 3.63) is 58.4 Å². The first-order valence-corrected chi connectivity index (χ1v) is 11.6. The molecule has 0 bridgehead atoms. The molecule has 2 aromatic heterocycles. The van der Waals surface area contributed by atoms with Crippen molar-refractivity contribution in [3.63, 3.8) is 0 Å². The highest BCUT2D eigenvalue weighted by atomic mass is 19.1. The molecule has 0 fully saturated rings. The predicted molar refractivity (Wildman–Crippen MR) is 122 cm³/mol. The van der Waals surface area contributed by atoms with Gasteiger partial charge in [-0.15, -0.1) is 0 Å². The zero-order valence-corrected chi connectivity index (χ0v) is 19.3. The number of hydrogen-bond donors (Lipinski definition) is 2. The summed E-state index contributed by atoms with van der Waals surface area (Å²) in [7, 11) is 0. The number of amides is 1. The van der Waals surface area contributed by atoms with E-state index in [1.54, 1.807) is 0 Å². The summed E-state index contributed by atoms with van der Waals surface area (Å²) in [4.78, 5) is 32.6. The summed E-state index contributed by atoms with van der Waals surface area (Å²) in [5.41, 5.74) is 3.69. The zero-order chi connectivity index (χ0) is 23.8. The van der Waals surface area contributed by atoms with Crippen molar-refractivity contribution < 1.29 is 23.8 Å². The first kappa shape index (κ1) is 24.8. The molecule has 178 valence electrons. The molecule has 8 heteroatoms. The molecule has 0 aliphatic heterocycles. The Morgan fingerprint density at radius 1 is 1.21 bits per heavy atom. The molecule has 2 heterocycles. The van der Waals surface area contributed by atoms with Gasteiger partial charge in [0.15, 0.2) is 0 Å². The van der Waals surface area contributed by atoms with E-state index in [0.29, 0.717) is 6.61 Å². The molecule has 1 amide bonds. The third kappa shape index (κ3) is 7.05. The fourth-order valence-electron chi connectivity index (χ4n) is 4.03. The Morgan fingerprint density at radius 2 is 2.00 bits per heavy atom. The van der Waals surface area contributed by atoms with Crippen LogP contribution in [0, 0.1) is 18.7 Å². The van der Waals surface area contributed by atoms with Crippen LogP contribution in [0.5, 0.6) is 0 Å². The number of aromatic nitrogens is 2. The van der Waals surface area contributed by atoms with E-state index in [9.17, 15) is 19.1 Å². The standard InChI is InChI=1S/C25H32FN3O4/c1-16(7-9-19-10-8-18-5-3-4-6-21(18)28-19)15-33-14-12-22(25(31)32)29-24(30)23-17(2)27-13-11-20(23)26/h8,10-11,13,16,22H,3-7,9,12,14-15H2,1-2H3,(H,29,30)(H,31,32)/t16-,22+/m1/s1. The summed E-state index contributed by atoms with van der Waals surface area (Å²) in [5, 5.41) is 11.8. The molecular weight excluding hydrogens is 425 g/mol. The van der Waals surface area contributed by atoms with E-state index in [1.807, 2.05) is 0 Å². The number of ether oxygens (including phenoxy) is 1. The lowest BCUT2D eigenvalue weighted by molar-refractivity contribution is -0.139. The van der Waals surface area contributed by atoms with E-state index in [1.165, 1.54) is 37.2 Å². The summed E-state index contributed by atoms with van der Waals surface area (Å²) in [5.74, 6) is -2.44. The number of pyridine rings is 2. The second kappa shape index (κ2) is 11.8. The predicted octanol–water partition coefficient (Wildman–Crippen LogP) is 3.66. The van der Waals surface area contributed by atoms with Crippen molar-refractivity contribution >= 4 is 11.9 Å². The number of carboxylic acids is 1. The minimum atomic E-state index is -1.19. The van der Waals surface area contributed by atoms with Crippen LogP contribution in [-0.4, -0.2) is 46.2 Å². The molecule has 7 nitrogen and oxygen atoms in total. The summed E-state index contributed by atoms with van der Waals surface area (Å²) in [6.45, 7) is 4.25. The summed E-state index contributed by atoms with van der Waals surface area (Å²) in [6, 6.07) is 4.22. The lowest BCUT2D eigenvalue weighted by atomic mass is 9.95. The van der Waals surface area contributed by atoms with Gasteiger partial charge in [-0.2, -0.15) is 0 Å². The van der Waals surface area contributed by atoms with Gasteiger partial charge in [0.25, 0.3) is 5.91 Å². The highest BCUT2D eigenvalue weighted by molar-refractivity contribution is 5.97. The number of hydrogen-bond acceptors (Lipinski definition) is 5. The smallest absolute Gasteiger partial charge is 0.326 e. The fourth-order valence-corrected chi connectivity index (χ4v) is 4.03. The molecule has 0 aromatic carbocycles. The lowest BCUT2D eigenvalue weighted by Crippen LogP contribution is -2.42. The highest BCUT2D eigenvalue weighted by Crippen LogP contribution is 2.20. The molecule has 2 atom stereocenters. The van der Waals surface area contributed by atoms with Crippen LogP contribution in [-0.2, 0) is 28.8 Å². The second-order valence-corrected chi connectivity index (χ2v) is 8.74. The van der Waals surface area contributed by atoms with Gasteiger partial charge in [0.05, 0.1) is 11.3 Å². The number of rotatable bonds is 11. The molecule has 1 aliphatic carbocycles. The zero-order valence-electron chi connectivity index (χ0n) is 19.3. The molecule has 3 rings (SSSR count). The van der Waals surface area contributed by atoms with E-state index in [0.717, 1.165) is 37.4 Å². The Labute approximate surface area is 193 Å². The maximum atomic E-state index is 13.9. The van der Waals surface area contributed by atoms with Crippen molar-refractivity contribution in [3.8, 4) is 0 Å². The van der Waals surface area contributed by atoms with Gasteiger partial charge in [-0.1, -0.05) is 13.0 Å². The monoisotopic (exact) mass is 457 g/mol. The minimum absolute atomic E-state index is 0.0844. The number of carbonyl (C=O) groups is 2. The average Bonchev–Trinajstić information content (AvgIpc) is 2.79. The normalized spacial score (nSPS) is 14.9. The number of carbonyl (C=O) groups excluding carboxylic acids is 1. The number of nitrogens with one attached hydrogen (secondary N) is 1. The number of aryl methyl sites for hydroxylation is 4. The molecule has 33 heavy (non-hydrogen) atoms. The topological polar surface area (TPSA) is 101 Å². The van der Waals surface area contributed by atoms with E-state index in [-0.39, 0.29) is 30.2 Å². The first-order valence-electron chi connectivity index (χ1n) is 11.6. The van der Waals surface area contributed by atoms with Gasteiger partial charge in [-0.3, -0.25) is 14.8 Å². The summed E-state index contributed by atoms with van der Waals surface area (Å²) >= 11 is 0. The van der Waals surface area contributed by atoms with Crippen molar-refractivity contribution in [1.82, 2.24) is 15.3 Å². The van der Waals surface area contributed by atoms with Crippen LogP contribution in [0.4, 0.5) is 4.39 Å². The number of nitrogens with zero attached hydrogens (tertiary/aromatic N) is 2. The van der Waals surface area contributed by atoms with Gasteiger partial charge in [-0.05, 0) is 69.1 Å². The van der Waals surface area contributed by atoms with Crippen LogP contribution < -0.4 is 5.32 Å². The van der Waals surface area contributed by atoms with Crippen LogP contribution in [0.1, 0.15) is 65.6 Å². The minimum Gasteiger partial charge on any atom is -0.480 e. The second-order valence-electron chi connectivity index (χ2n) is 8.74. The Kier molecular flexibility index (Phi) is 8.88. The highest BCUT2D eigenvalue weighted by Gasteiger charge is 2.24. The first-order chi connectivity index (χ1) is 15.8. The maximum Gasteiger partial charge on any atom is 0.326 e. The quantitative estimate of drug-likeness (QED) is 0.500. The van der Waals surface area contributed by atoms with Crippen LogP contribution in [0.15, 0.2) is 24.4 Å². The van der Waals surface area contributed by atoms with E-state index in [4.69, 9.17) is 9.72 Å². The molecule has 0 radical (unpaired) electrons. The Hall–Kier alpha value is -2.87. The molecule has 2 N–H and O–H groups in total. The molecule has 0 saturated carbocycles. The van der Waals surface area contributed by atoms with Crippen LogP contribution >= 0.6 is 0 Å². The van der Waals surface area contributed by atoms with Crippen molar-refractivity contribution in [2.24, 2.45) is 5.92 Å². The van der Waals surface area contributed by atoms with Crippen LogP contribution in [0.25, 0.3) is 0 Å². The van der Waals surface area contributed by atoms with Gasteiger partial charge in [0, 0.05) is 37.2 Å². The van der Waals surface area contributed by atoms with Crippen molar-refractivity contribution in [1.29, 1.82) is 0 Å². The number of carboxylic acid groups (broad SMARTS) is 1. The van der Waals surface area contributed by atoms with E-state index < -0.39 is 23.7 Å². The van der Waals surface area contributed by atoms with Gasteiger partial charge in [-0.25, -0.2) is 9.18 Å². The van der Waals surface area contributed by atoms with Crippen molar-refractivity contribution in [2.75, 3.05) is 13.2 Å². The number of aliphatic carboxylic acids is 1. The van der Waals surface area contributed by atoms with Gasteiger partial charge >= 0.3 is 5.97 Å². The molecule has 0 spiro atoms. The molecular formula is C25H32FN3O4. The van der Waals surface area contributed by atoms with E-state index >= 15 is 0 Å². The van der Waals surface area contributed by atoms with Crippen LogP contribution in [0.2, 0.25) is 0 Å². The fraction of sp³-hybridized carbons (Fsp3) is 0.520. The number of fused-ring (bicyclic) bond motifs is 1. The van der Waals surface area contributed by atoms with Crippen LogP contribution in [0.3, 0.4) is 0 Å². The Balaban J connectivity index is 1.40. The molecule has 0 unspecified atom stereocenters. The molecule has 2 aromatic rings. The van der Waals surface area contributed by atoms with Gasteiger partial charge < -0.3 is 15.2 Å².